The molecule has 3 aromatic carbocycles. The molecule has 2 aliphatic rings. The molecule has 196 valence electrons. The highest BCUT2D eigenvalue weighted by Crippen LogP contribution is 2.48. The van der Waals surface area contributed by atoms with Crippen molar-refractivity contribution in [3.8, 4) is 5.75 Å². The highest BCUT2D eigenvalue weighted by Gasteiger charge is 2.41. The van der Waals surface area contributed by atoms with Gasteiger partial charge >= 0.3 is 0 Å². The topological polar surface area (TPSA) is 61.9 Å². The number of nitrogens with one attached hydrogen (secondary N) is 1. The lowest BCUT2D eigenvalue weighted by molar-refractivity contribution is -0.117. The fourth-order valence-corrected chi connectivity index (χ4v) is 5.93. The average Bonchev–Trinajstić information content (AvgIpc) is 3.09. The van der Waals surface area contributed by atoms with E-state index in [1.807, 2.05) is 48.5 Å². The summed E-state index contributed by atoms with van der Waals surface area (Å²) in [5, 5.41) is 3.58. The predicted octanol–water partition coefficient (Wildman–Crippen LogP) is 6.46. The van der Waals surface area contributed by atoms with Crippen molar-refractivity contribution in [3.63, 3.8) is 0 Å². The molecule has 1 aliphatic carbocycles. The number of methoxy groups -OCH3 is 1. The van der Waals surface area contributed by atoms with E-state index in [1.54, 1.807) is 18.9 Å². The minimum Gasteiger partial charge on any atom is -0.496 e. The fraction of sp³-hybridized carbons (Fsp3) is 0.312. The van der Waals surface area contributed by atoms with Crippen LogP contribution in [0.4, 0.5) is 17.1 Å². The number of allylic oxidation sites excluding steroid dienone is 1. The number of ether oxygens (including phenoxy) is 1. The van der Waals surface area contributed by atoms with Crippen LogP contribution in [0.5, 0.6) is 5.75 Å². The molecule has 0 radical (unpaired) electrons. The lowest BCUT2D eigenvalue weighted by Gasteiger charge is -2.35. The Morgan fingerprint density at radius 2 is 1.66 bits per heavy atom. The van der Waals surface area contributed by atoms with Crippen molar-refractivity contribution in [1.29, 1.82) is 0 Å². The van der Waals surface area contributed by atoms with Gasteiger partial charge in [0.05, 0.1) is 24.5 Å². The van der Waals surface area contributed by atoms with Gasteiger partial charge in [0.1, 0.15) is 5.75 Å². The van der Waals surface area contributed by atoms with Gasteiger partial charge in [-0.25, -0.2) is 0 Å². The lowest BCUT2D eigenvalue weighted by atomic mass is 9.78. The summed E-state index contributed by atoms with van der Waals surface area (Å²) < 4.78 is 5.63. The van der Waals surface area contributed by atoms with Crippen LogP contribution >= 0.6 is 0 Å². The van der Waals surface area contributed by atoms with Crippen LogP contribution in [-0.2, 0) is 9.59 Å². The maximum Gasteiger partial charge on any atom is 0.224 e. The van der Waals surface area contributed by atoms with Gasteiger partial charge in [0, 0.05) is 49.3 Å². The summed E-state index contributed by atoms with van der Waals surface area (Å²) in [6, 6.07) is 23.5. The molecule has 0 spiro atoms. The predicted molar refractivity (Wildman–Crippen MR) is 153 cm³/mol. The normalized spacial score (nSPS) is 18.7. The summed E-state index contributed by atoms with van der Waals surface area (Å²) in [6.07, 6.45) is 1.01. The molecule has 1 heterocycles. The quantitative estimate of drug-likeness (QED) is 0.413. The summed E-state index contributed by atoms with van der Waals surface area (Å²) in [6.45, 7) is 7.67. The van der Waals surface area contributed by atoms with Crippen LogP contribution in [0, 0.1) is 0 Å². The Labute approximate surface area is 224 Å². The molecule has 5 rings (SSSR count). The Morgan fingerprint density at radius 3 is 2.34 bits per heavy atom. The van der Waals surface area contributed by atoms with Crippen molar-refractivity contribution >= 4 is 28.8 Å². The van der Waals surface area contributed by atoms with Gasteiger partial charge in [-0.3, -0.25) is 14.5 Å². The Balaban J connectivity index is 1.66. The number of fused-ring (bicyclic) bond motifs is 1. The number of hydrogen-bond acceptors (Lipinski definition) is 5. The highest BCUT2D eigenvalue weighted by molar-refractivity contribution is 6.06. The average molecular weight is 510 g/mol. The molecule has 2 atom stereocenters. The molecule has 6 heteroatoms. The number of benzene rings is 3. The molecule has 6 nitrogen and oxygen atoms in total. The van der Waals surface area contributed by atoms with Gasteiger partial charge in [-0.05, 0) is 61.7 Å². The Kier molecular flexibility index (Phi) is 7.23. The molecule has 3 aromatic rings. The molecule has 0 aromatic heterocycles. The Bertz CT molecular complexity index is 1370. The third kappa shape index (κ3) is 4.55. The zero-order valence-corrected chi connectivity index (χ0v) is 22.5. The summed E-state index contributed by atoms with van der Waals surface area (Å²) in [7, 11) is 1.66. The van der Waals surface area contributed by atoms with E-state index in [0.717, 1.165) is 52.7 Å². The van der Waals surface area contributed by atoms with E-state index in [-0.39, 0.29) is 17.6 Å². The SMILES string of the molecule is CCN(CC)c1ccc(C2C3=C(CC(c4ccccc4OC)CC3=O)Nc3ccccc3N2C(C)=O)cc1. The molecule has 1 N–H and O–H groups in total. The third-order valence-corrected chi connectivity index (χ3v) is 7.74. The van der Waals surface area contributed by atoms with Crippen LogP contribution in [0.25, 0.3) is 0 Å². The van der Waals surface area contributed by atoms with Crippen molar-refractivity contribution in [3.05, 3.63) is 95.2 Å². The van der Waals surface area contributed by atoms with Crippen LogP contribution in [-0.4, -0.2) is 31.9 Å². The second-order valence-electron chi connectivity index (χ2n) is 9.86. The first-order valence-corrected chi connectivity index (χ1v) is 13.4. The maximum absolute atomic E-state index is 14.1. The zero-order valence-electron chi connectivity index (χ0n) is 22.5. The molecular weight excluding hydrogens is 474 g/mol. The van der Waals surface area contributed by atoms with E-state index in [2.05, 4.69) is 48.3 Å². The molecule has 0 saturated carbocycles. The number of ketones is 1. The summed E-state index contributed by atoms with van der Waals surface area (Å²) in [4.78, 5) is 31.4. The van der Waals surface area contributed by atoms with Crippen molar-refractivity contribution in [2.75, 3.05) is 35.3 Å². The largest absolute Gasteiger partial charge is 0.496 e. The number of nitrogens with zero attached hydrogens (tertiary/aromatic N) is 2. The molecule has 38 heavy (non-hydrogen) atoms. The van der Waals surface area contributed by atoms with Gasteiger partial charge in [0.15, 0.2) is 5.78 Å². The first-order chi connectivity index (χ1) is 18.5. The van der Waals surface area contributed by atoms with E-state index < -0.39 is 6.04 Å². The van der Waals surface area contributed by atoms with Gasteiger partial charge < -0.3 is 15.0 Å². The number of Topliss-reactive ketones (excluding diaryl/α,β-unsaturated/α-hetero) is 1. The highest BCUT2D eigenvalue weighted by atomic mass is 16.5. The molecular formula is C32H35N3O3. The second kappa shape index (κ2) is 10.7. The fourth-order valence-electron chi connectivity index (χ4n) is 5.93. The van der Waals surface area contributed by atoms with Crippen molar-refractivity contribution in [2.24, 2.45) is 0 Å². The number of carbonyl (C=O) groups is 2. The van der Waals surface area contributed by atoms with E-state index in [9.17, 15) is 9.59 Å². The molecule has 0 saturated heterocycles. The molecule has 0 fully saturated rings. The number of rotatable bonds is 6. The van der Waals surface area contributed by atoms with Crippen LogP contribution in [0.2, 0.25) is 0 Å². The number of anilines is 3. The standard InChI is InChI=1S/C32H35N3O3/c1-5-34(6-2)24-17-15-22(16-18-24)32-31-27(33-26-12-8-9-13-28(26)35(32)21(3)36)19-23(20-29(31)37)25-11-7-10-14-30(25)38-4/h7-18,23,32-33H,5-6,19-20H2,1-4H3. The summed E-state index contributed by atoms with van der Waals surface area (Å²) in [5.74, 6) is 0.709. The van der Waals surface area contributed by atoms with E-state index in [4.69, 9.17) is 4.74 Å². The number of para-hydroxylation sites is 3. The minimum atomic E-state index is -0.518. The molecule has 1 aliphatic heterocycles. The van der Waals surface area contributed by atoms with Crippen LogP contribution in [0.3, 0.4) is 0 Å². The molecule has 0 bridgehead atoms. The zero-order chi connectivity index (χ0) is 26.8. The van der Waals surface area contributed by atoms with Gasteiger partial charge in [-0.1, -0.05) is 42.5 Å². The molecule has 2 unspecified atom stereocenters. The second-order valence-corrected chi connectivity index (χ2v) is 9.86. The van der Waals surface area contributed by atoms with E-state index in [1.165, 1.54) is 0 Å². The van der Waals surface area contributed by atoms with Crippen LogP contribution in [0.15, 0.2) is 84.1 Å². The lowest BCUT2D eigenvalue weighted by Crippen LogP contribution is -2.37. The van der Waals surface area contributed by atoms with Gasteiger partial charge in [-0.15, -0.1) is 0 Å². The van der Waals surface area contributed by atoms with Crippen molar-refractivity contribution in [2.45, 2.75) is 45.6 Å². The first-order valence-electron chi connectivity index (χ1n) is 13.4. The smallest absolute Gasteiger partial charge is 0.224 e. The number of amides is 1. The van der Waals surface area contributed by atoms with Gasteiger partial charge in [0.2, 0.25) is 5.91 Å². The van der Waals surface area contributed by atoms with Gasteiger partial charge in [-0.2, -0.15) is 0 Å². The number of hydrogen-bond donors (Lipinski definition) is 1. The van der Waals surface area contributed by atoms with Crippen LogP contribution in [0.1, 0.15) is 56.7 Å². The van der Waals surface area contributed by atoms with Crippen molar-refractivity contribution in [1.82, 2.24) is 0 Å². The van der Waals surface area contributed by atoms with Gasteiger partial charge in [0.25, 0.3) is 0 Å². The maximum atomic E-state index is 14.1. The monoisotopic (exact) mass is 509 g/mol. The summed E-state index contributed by atoms with van der Waals surface area (Å²) >= 11 is 0. The van der Waals surface area contributed by atoms with Crippen molar-refractivity contribution < 1.29 is 14.3 Å². The number of carbonyl (C=O) groups excluding carboxylic acids is 2. The Hall–Kier alpha value is -4.06. The first kappa shape index (κ1) is 25.6. The van der Waals surface area contributed by atoms with Crippen LogP contribution < -0.4 is 19.9 Å². The van der Waals surface area contributed by atoms with E-state index in [0.29, 0.717) is 18.4 Å². The molecule has 1 amide bonds. The summed E-state index contributed by atoms with van der Waals surface area (Å²) in [5.41, 5.74) is 6.20. The van der Waals surface area contributed by atoms with E-state index >= 15 is 0 Å². The third-order valence-electron chi connectivity index (χ3n) is 7.74. The Morgan fingerprint density at radius 1 is 0.974 bits per heavy atom. The minimum absolute atomic E-state index is 0.0216.